The van der Waals surface area contributed by atoms with Gasteiger partial charge < -0.3 is 5.32 Å². The Balaban J connectivity index is 1.50. The van der Waals surface area contributed by atoms with Crippen molar-refractivity contribution in [1.82, 2.24) is 4.90 Å². The van der Waals surface area contributed by atoms with E-state index in [-0.39, 0.29) is 42.5 Å². The monoisotopic (exact) mass is 380 g/mol. The molecule has 1 aliphatic heterocycles. The molecule has 1 fully saturated rings. The second-order valence-corrected chi connectivity index (χ2v) is 7.10. The maximum absolute atomic E-state index is 12.3. The molecule has 1 aliphatic carbocycles. The number of anilines is 1. The molecule has 2 aliphatic rings. The van der Waals surface area contributed by atoms with Crippen molar-refractivity contribution in [1.29, 1.82) is 0 Å². The third-order valence-corrected chi connectivity index (χ3v) is 5.14. The molecule has 25 heavy (non-hydrogen) atoms. The van der Waals surface area contributed by atoms with Gasteiger partial charge in [0.05, 0.1) is 22.5 Å². The standard InChI is InChI=1S/C18H18Cl2N2O3/c19-11-7-8-15(14(20)10-11)21-16(23)6-3-9-22-17(24)12-4-1-2-5-13(12)18(22)25/h1-2,7-8,10,12-13H,3-6,9H2,(H,21,23)/t12-,13+. The molecule has 3 amide bonds. The highest BCUT2D eigenvalue weighted by Gasteiger charge is 2.46. The average molecular weight is 381 g/mol. The number of fused-ring (bicyclic) bond motifs is 1. The lowest BCUT2D eigenvalue weighted by atomic mass is 9.85. The fraction of sp³-hybridized carbons (Fsp3) is 0.389. The fourth-order valence-corrected chi connectivity index (χ4v) is 3.75. The summed E-state index contributed by atoms with van der Waals surface area (Å²) in [7, 11) is 0. The van der Waals surface area contributed by atoms with Crippen LogP contribution in [-0.2, 0) is 14.4 Å². The molecule has 1 heterocycles. The summed E-state index contributed by atoms with van der Waals surface area (Å²) in [5, 5.41) is 3.56. The minimum Gasteiger partial charge on any atom is -0.325 e. The molecular formula is C18H18Cl2N2O3. The summed E-state index contributed by atoms with van der Waals surface area (Å²) in [5.74, 6) is -0.887. The molecular weight excluding hydrogens is 363 g/mol. The SMILES string of the molecule is O=C(CCCN1C(=O)[C@H]2CC=CC[C@H]2C1=O)Nc1ccc(Cl)cc1Cl. The Bertz CT molecular complexity index is 722. The van der Waals surface area contributed by atoms with Crippen LogP contribution in [0, 0.1) is 11.8 Å². The molecule has 1 saturated heterocycles. The highest BCUT2D eigenvalue weighted by Crippen LogP contribution is 2.35. The topological polar surface area (TPSA) is 66.5 Å². The number of nitrogens with one attached hydrogen (secondary N) is 1. The van der Waals surface area contributed by atoms with Crippen LogP contribution in [0.5, 0.6) is 0 Å². The van der Waals surface area contributed by atoms with Crippen LogP contribution in [0.25, 0.3) is 0 Å². The lowest BCUT2D eigenvalue weighted by Gasteiger charge is -2.14. The van der Waals surface area contributed by atoms with Gasteiger partial charge in [-0.2, -0.15) is 0 Å². The first-order valence-electron chi connectivity index (χ1n) is 8.22. The van der Waals surface area contributed by atoms with Crippen LogP contribution in [0.3, 0.4) is 0 Å². The van der Waals surface area contributed by atoms with E-state index in [2.05, 4.69) is 5.32 Å². The summed E-state index contributed by atoms with van der Waals surface area (Å²) in [4.78, 5) is 38.0. The van der Waals surface area contributed by atoms with Crippen LogP contribution >= 0.6 is 23.2 Å². The van der Waals surface area contributed by atoms with Gasteiger partial charge in [-0.15, -0.1) is 0 Å². The van der Waals surface area contributed by atoms with E-state index in [1.54, 1.807) is 18.2 Å². The molecule has 2 atom stereocenters. The average Bonchev–Trinajstić information content (AvgIpc) is 2.83. The summed E-state index contributed by atoms with van der Waals surface area (Å²) in [6.45, 7) is 0.270. The lowest BCUT2D eigenvalue weighted by Crippen LogP contribution is -2.32. The van der Waals surface area contributed by atoms with E-state index < -0.39 is 0 Å². The Morgan fingerprint density at radius 3 is 2.36 bits per heavy atom. The second kappa shape index (κ2) is 7.58. The predicted molar refractivity (Wildman–Crippen MR) is 96.4 cm³/mol. The zero-order valence-electron chi connectivity index (χ0n) is 13.5. The molecule has 0 aromatic heterocycles. The van der Waals surface area contributed by atoms with Crippen molar-refractivity contribution < 1.29 is 14.4 Å². The second-order valence-electron chi connectivity index (χ2n) is 6.26. The number of amides is 3. The molecule has 0 radical (unpaired) electrons. The van der Waals surface area contributed by atoms with Gasteiger partial charge in [0.1, 0.15) is 0 Å². The first-order chi connectivity index (χ1) is 12.0. The lowest BCUT2D eigenvalue weighted by molar-refractivity contribution is -0.140. The molecule has 132 valence electrons. The van der Waals surface area contributed by atoms with Gasteiger partial charge in [-0.3, -0.25) is 19.3 Å². The van der Waals surface area contributed by atoms with Crippen molar-refractivity contribution in [3.8, 4) is 0 Å². The van der Waals surface area contributed by atoms with Gasteiger partial charge in [-0.25, -0.2) is 0 Å². The van der Waals surface area contributed by atoms with E-state index in [0.29, 0.717) is 35.0 Å². The van der Waals surface area contributed by atoms with Gasteiger partial charge >= 0.3 is 0 Å². The molecule has 0 spiro atoms. The zero-order valence-corrected chi connectivity index (χ0v) is 15.0. The number of nitrogens with zero attached hydrogens (tertiary/aromatic N) is 1. The van der Waals surface area contributed by atoms with E-state index in [4.69, 9.17) is 23.2 Å². The van der Waals surface area contributed by atoms with Gasteiger partial charge in [0.15, 0.2) is 0 Å². The van der Waals surface area contributed by atoms with Crippen molar-refractivity contribution in [3.05, 3.63) is 40.4 Å². The quantitative estimate of drug-likeness (QED) is 0.625. The van der Waals surface area contributed by atoms with Crippen molar-refractivity contribution in [2.75, 3.05) is 11.9 Å². The molecule has 5 nitrogen and oxygen atoms in total. The van der Waals surface area contributed by atoms with Crippen molar-refractivity contribution in [3.63, 3.8) is 0 Å². The Kier molecular flexibility index (Phi) is 5.45. The van der Waals surface area contributed by atoms with E-state index in [1.165, 1.54) is 4.90 Å². The maximum Gasteiger partial charge on any atom is 0.233 e. The summed E-state index contributed by atoms with van der Waals surface area (Å²) in [6.07, 6.45) is 5.78. The van der Waals surface area contributed by atoms with Crippen molar-refractivity contribution in [2.45, 2.75) is 25.7 Å². The van der Waals surface area contributed by atoms with Gasteiger partial charge in [0, 0.05) is 18.0 Å². The van der Waals surface area contributed by atoms with E-state index >= 15 is 0 Å². The number of hydrogen-bond acceptors (Lipinski definition) is 3. The largest absolute Gasteiger partial charge is 0.325 e. The molecule has 1 N–H and O–H groups in total. The van der Waals surface area contributed by atoms with E-state index in [1.807, 2.05) is 12.2 Å². The highest BCUT2D eigenvalue weighted by molar-refractivity contribution is 6.36. The highest BCUT2D eigenvalue weighted by atomic mass is 35.5. The number of halogens is 2. The van der Waals surface area contributed by atoms with E-state index in [0.717, 1.165) is 0 Å². The summed E-state index contributed by atoms with van der Waals surface area (Å²) < 4.78 is 0. The maximum atomic E-state index is 12.3. The first-order valence-corrected chi connectivity index (χ1v) is 8.98. The molecule has 1 aromatic carbocycles. The zero-order chi connectivity index (χ0) is 18.0. The Hall–Kier alpha value is -1.85. The Morgan fingerprint density at radius 1 is 1.12 bits per heavy atom. The minimum atomic E-state index is -0.223. The number of hydrogen-bond donors (Lipinski definition) is 1. The normalized spacial score (nSPS) is 22.2. The van der Waals surface area contributed by atoms with Gasteiger partial charge in [0.25, 0.3) is 0 Å². The third-order valence-electron chi connectivity index (χ3n) is 4.59. The molecule has 0 unspecified atom stereocenters. The summed E-state index contributed by atoms with van der Waals surface area (Å²) in [5.41, 5.74) is 0.487. The predicted octanol–water partition coefficient (Wildman–Crippen LogP) is 3.66. The van der Waals surface area contributed by atoms with Crippen molar-refractivity contribution >= 4 is 46.6 Å². The minimum absolute atomic E-state index is 0.111. The number of rotatable bonds is 5. The number of carbonyl (C=O) groups excluding carboxylic acids is 3. The molecule has 1 aromatic rings. The van der Waals surface area contributed by atoms with Crippen LogP contribution in [0.15, 0.2) is 30.4 Å². The van der Waals surface area contributed by atoms with Crippen molar-refractivity contribution in [2.24, 2.45) is 11.8 Å². The Morgan fingerprint density at radius 2 is 1.76 bits per heavy atom. The van der Waals surface area contributed by atoms with Gasteiger partial charge in [-0.05, 0) is 37.5 Å². The van der Waals surface area contributed by atoms with E-state index in [9.17, 15) is 14.4 Å². The number of likely N-dealkylation sites (tertiary alicyclic amines) is 1. The van der Waals surface area contributed by atoms with Gasteiger partial charge in [0.2, 0.25) is 17.7 Å². The summed E-state index contributed by atoms with van der Waals surface area (Å²) in [6, 6.07) is 4.82. The molecule has 0 bridgehead atoms. The molecule has 0 saturated carbocycles. The smallest absolute Gasteiger partial charge is 0.233 e. The first kappa shape index (κ1) is 18.0. The number of allylic oxidation sites excluding steroid dienone is 2. The van der Waals surface area contributed by atoms with Gasteiger partial charge in [-0.1, -0.05) is 35.4 Å². The van der Waals surface area contributed by atoms with Crippen LogP contribution in [0.1, 0.15) is 25.7 Å². The number of benzene rings is 1. The van der Waals surface area contributed by atoms with Crippen LogP contribution in [-0.4, -0.2) is 29.2 Å². The third kappa shape index (κ3) is 3.88. The number of imide groups is 1. The van der Waals surface area contributed by atoms with Crippen LogP contribution < -0.4 is 5.32 Å². The fourth-order valence-electron chi connectivity index (χ4n) is 3.29. The van der Waals surface area contributed by atoms with Crippen LogP contribution in [0.2, 0.25) is 10.0 Å². The number of carbonyl (C=O) groups is 3. The van der Waals surface area contributed by atoms with Crippen LogP contribution in [0.4, 0.5) is 5.69 Å². The molecule has 7 heteroatoms. The Labute approximate surface area is 156 Å². The molecule has 3 rings (SSSR count). The summed E-state index contributed by atoms with van der Waals surface area (Å²) >= 11 is 11.8.